The number of aryl methyl sites for hydroxylation is 6. The lowest BCUT2D eigenvalue weighted by atomic mass is 9.82. The molecule has 0 aliphatic carbocycles. The van der Waals surface area contributed by atoms with Gasteiger partial charge < -0.3 is 0 Å². The molecule has 0 N–H and O–H groups in total. The molecule has 0 spiro atoms. The van der Waals surface area contributed by atoms with Gasteiger partial charge in [0.2, 0.25) is 0 Å². The Morgan fingerprint density at radius 1 is 0.411 bits per heavy atom. The van der Waals surface area contributed by atoms with Gasteiger partial charge in [0.25, 0.3) is 0 Å². The highest BCUT2D eigenvalue weighted by Crippen LogP contribution is 2.50. The molecule has 0 fully saturated rings. The molecule has 0 saturated carbocycles. The van der Waals surface area contributed by atoms with E-state index in [0.717, 1.165) is 12.8 Å². The molecule has 0 bridgehead atoms. The third-order valence-electron chi connectivity index (χ3n) is 13.5. The molecule has 2 heteroatoms. The van der Waals surface area contributed by atoms with Crippen LogP contribution in [0.2, 0.25) is 0 Å². The number of benzene rings is 7. The van der Waals surface area contributed by atoms with Crippen molar-refractivity contribution in [3.05, 3.63) is 128 Å². The van der Waals surface area contributed by atoms with E-state index in [1.54, 1.807) is 11.1 Å². The summed E-state index contributed by atoms with van der Waals surface area (Å²) in [6.07, 6.45) is 17.5. The van der Waals surface area contributed by atoms with Crippen molar-refractivity contribution in [3.8, 4) is 0 Å². The van der Waals surface area contributed by atoms with Gasteiger partial charge in [0, 0.05) is 19.6 Å². The van der Waals surface area contributed by atoms with Gasteiger partial charge in [0.1, 0.15) is 0 Å². The summed E-state index contributed by atoms with van der Waals surface area (Å²) in [6.45, 7) is 14.3. The van der Waals surface area contributed by atoms with Gasteiger partial charge in [-0.15, -0.1) is 0 Å². The van der Waals surface area contributed by atoms with Crippen molar-refractivity contribution in [1.29, 1.82) is 0 Å². The van der Waals surface area contributed by atoms with E-state index in [0.29, 0.717) is 0 Å². The van der Waals surface area contributed by atoms with Crippen molar-refractivity contribution in [3.63, 3.8) is 0 Å². The largest absolute Gasteiger partial charge is 0.0892 e. The first kappa shape index (κ1) is 37.8. The van der Waals surface area contributed by atoms with Crippen molar-refractivity contribution in [2.45, 2.75) is 151 Å². The summed E-state index contributed by atoms with van der Waals surface area (Å²) in [5.41, 5.74) is 15.1. The van der Waals surface area contributed by atoms with Crippen LogP contribution in [0.3, 0.4) is 0 Å². The first-order chi connectivity index (χ1) is 27.4. The molecule has 2 aliphatic rings. The van der Waals surface area contributed by atoms with Crippen LogP contribution in [0.1, 0.15) is 134 Å². The number of unbranched alkanes of at least 4 members (excludes halogenated alkanes) is 8. The molecule has 0 atom stereocenters. The van der Waals surface area contributed by atoms with Crippen LogP contribution in [0.25, 0.3) is 43.1 Å². The van der Waals surface area contributed by atoms with Crippen LogP contribution >= 0.6 is 23.5 Å². The number of hydrogen-bond donors (Lipinski definition) is 0. The Morgan fingerprint density at radius 2 is 0.786 bits per heavy atom. The molecule has 0 nitrogen and oxygen atoms in total. The van der Waals surface area contributed by atoms with Gasteiger partial charge in [-0.1, -0.05) is 125 Å². The minimum atomic E-state index is 1.02. The van der Waals surface area contributed by atoms with E-state index in [-0.39, 0.29) is 0 Å². The van der Waals surface area contributed by atoms with Gasteiger partial charge in [0.15, 0.2) is 0 Å². The molecule has 0 unspecified atom stereocenters. The first-order valence-electron chi connectivity index (χ1n) is 21.8. The van der Waals surface area contributed by atoms with Crippen molar-refractivity contribution in [1.82, 2.24) is 0 Å². The number of rotatable bonds is 12. The lowest BCUT2D eigenvalue weighted by Gasteiger charge is -2.27. The summed E-state index contributed by atoms with van der Waals surface area (Å²) in [7, 11) is 0. The maximum Gasteiger partial charge on any atom is 0.0196 e. The van der Waals surface area contributed by atoms with Crippen molar-refractivity contribution >= 4 is 66.6 Å². The van der Waals surface area contributed by atoms with Crippen LogP contribution in [0.5, 0.6) is 0 Å². The van der Waals surface area contributed by atoms with E-state index < -0.39 is 0 Å². The van der Waals surface area contributed by atoms with Crippen molar-refractivity contribution in [2.75, 3.05) is 0 Å². The Balaban J connectivity index is 1.32. The monoisotopic (exact) mass is 770 g/mol. The molecule has 286 valence electrons. The van der Waals surface area contributed by atoms with Crippen LogP contribution in [0, 0.1) is 27.7 Å². The Labute approximate surface area is 344 Å². The molecule has 7 aromatic rings. The molecule has 0 radical (unpaired) electrons. The quantitative estimate of drug-likeness (QED) is 0.0689. The molecule has 2 aliphatic heterocycles. The number of fused-ring (bicyclic) bond motifs is 9. The Morgan fingerprint density at radius 3 is 1.21 bits per heavy atom. The molecular weight excluding hydrogens is 713 g/mol. The first-order valence-corrected chi connectivity index (χ1v) is 23.4. The zero-order valence-electron chi connectivity index (χ0n) is 34.6. The highest BCUT2D eigenvalue weighted by molar-refractivity contribution is 7.99. The van der Waals surface area contributed by atoms with Gasteiger partial charge in [-0.2, -0.15) is 0 Å². The zero-order chi connectivity index (χ0) is 38.5. The van der Waals surface area contributed by atoms with Crippen LogP contribution < -0.4 is 0 Å². The minimum Gasteiger partial charge on any atom is -0.0892 e. The van der Waals surface area contributed by atoms with E-state index in [1.165, 1.54) is 184 Å². The van der Waals surface area contributed by atoms with Crippen LogP contribution in [0.15, 0.2) is 92.4 Å². The standard InChI is InChI=1S/C54H58S2/c1-7-9-11-13-15-23-39-40(24-16-14-12-10-8-2)48-32-44-36(6)54-46(28-38-22-18-20-26-52(38)56-54)34(4)42(44)30-50(48)49-29-41-33(3)45-27-37-21-17-19-25-51(37)55-53(45)35(5)43(41)31-47(39)49/h17-22,25-26,29-32H,7-16,23-24,27-28H2,1-6H3. The lowest BCUT2D eigenvalue weighted by Crippen LogP contribution is -2.06. The molecule has 0 saturated heterocycles. The highest BCUT2D eigenvalue weighted by Gasteiger charge is 2.26. The second-order valence-corrected chi connectivity index (χ2v) is 19.2. The Hall–Kier alpha value is -3.72. The van der Waals surface area contributed by atoms with E-state index in [1.807, 2.05) is 23.5 Å². The second-order valence-electron chi connectivity index (χ2n) is 17.1. The van der Waals surface area contributed by atoms with Gasteiger partial charge in [-0.25, -0.2) is 0 Å². The fourth-order valence-corrected chi connectivity index (χ4v) is 12.8. The third-order valence-corrected chi connectivity index (χ3v) is 16.3. The van der Waals surface area contributed by atoms with Gasteiger partial charge in [0.05, 0.1) is 0 Å². The van der Waals surface area contributed by atoms with E-state index in [2.05, 4.69) is 114 Å². The van der Waals surface area contributed by atoms with E-state index >= 15 is 0 Å². The zero-order valence-corrected chi connectivity index (χ0v) is 36.3. The minimum absolute atomic E-state index is 1.02. The fourth-order valence-electron chi connectivity index (χ4n) is 10.3. The van der Waals surface area contributed by atoms with Crippen molar-refractivity contribution < 1.29 is 0 Å². The van der Waals surface area contributed by atoms with Crippen LogP contribution in [-0.4, -0.2) is 0 Å². The third kappa shape index (κ3) is 6.57. The molecule has 2 heterocycles. The number of hydrogen-bond acceptors (Lipinski definition) is 2. The van der Waals surface area contributed by atoms with Crippen molar-refractivity contribution in [2.24, 2.45) is 0 Å². The molecule has 9 rings (SSSR count). The van der Waals surface area contributed by atoms with Crippen LogP contribution in [-0.2, 0) is 25.7 Å². The lowest BCUT2D eigenvalue weighted by molar-refractivity contribution is 0.623. The summed E-state index contributed by atoms with van der Waals surface area (Å²) in [5, 5.41) is 11.8. The normalized spacial score (nSPS) is 13.4. The fraction of sp³-hybridized carbons (Fsp3) is 0.370. The van der Waals surface area contributed by atoms with Gasteiger partial charge in [-0.05, 0) is 201 Å². The van der Waals surface area contributed by atoms with Gasteiger partial charge >= 0.3 is 0 Å². The molecular formula is C54H58S2. The maximum absolute atomic E-state index is 2.67. The predicted molar refractivity (Wildman–Crippen MR) is 247 cm³/mol. The Kier molecular flexibility index (Phi) is 10.7. The smallest absolute Gasteiger partial charge is 0.0196 e. The predicted octanol–water partition coefficient (Wildman–Crippen LogP) is 16.7. The topological polar surface area (TPSA) is 0 Å². The SMILES string of the molecule is CCCCCCCc1c(CCCCCCC)c2cc3c(C)c4c(c(C)c3cc2c2cc3c(C)c5c(c(C)c3cc12)Sc1ccccc1C5)Cc1ccccc1S4. The molecule has 0 aromatic heterocycles. The van der Waals surface area contributed by atoms with Crippen LogP contribution in [0.4, 0.5) is 0 Å². The van der Waals surface area contributed by atoms with E-state index in [9.17, 15) is 0 Å². The van der Waals surface area contributed by atoms with Gasteiger partial charge in [-0.3, -0.25) is 0 Å². The summed E-state index contributed by atoms with van der Waals surface area (Å²) >= 11 is 4.00. The van der Waals surface area contributed by atoms with E-state index in [4.69, 9.17) is 0 Å². The Bertz CT molecular complexity index is 2470. The highest BCUT2D eigenvalue weighted by atomic mass is 32.2. The average Bonchev–Trinajstić information content (AvgIpc) is 3.23. The second kappa shape index (κ2) is 15.9. The summed E-state index contributed by atoms with van der Waals surface area (Å²) in [6, 6.07) is 28.8. The molecule has 56 heavy (non-hydrogen) atoms. The summed E-state index contributed by atoms with van der Waals surface area (Å²) < 4.78 is 0. The average molecular weight is 771 g/mol. The molecule has 7 aromatic carbocycles. The summed E-state index contributed by atoms with van der Waals surface area (Å²) in [4.78, 5) is 5.83. The summed E-state index contributed by atoms with van der Waals surface area (Å²) in [5.74, 6) is 0. The maximum atomic E-state index is 2.67. The molecule has 0 amide bonds.